The smallest absolute Gasteiger partial charge is 0.0912 e. The lowest BCUT2D eigenvalue weighted by atomic mass is 9.75. The molecule has 0 aromatic carbocycles. The summed E-state index contributed by atoms with van der Waals surface area (Å²) in [5.74, 6) is 0. The zero-order chi connectivity index (χ0) is 11.9. The Bertz CT molecular complexity index is 223. The number of hydrogen-bond acceptors (Lipinski definition) is 4. The van der Waals surface area contributed by atoms with E-state index in [0.717, 1.165) is 0 Å². The Kier molecular flexibility index (Phi) is 3.45. The van der Waals surface area contributed by atoms with Gasteiger partial charge >= 0.3 is 0 Å². The van der Waals surface area contributed by atoms with Gasteiger partial charge in [0.15, 0.2) is 0 Å². The molecule has 0 amide bonds. The summed E-state index contributed by atoms with van der Waals surface area (Å²) >= 11 is 0. The molecular weight excluding hydrogens is 196 g/mol. The summed E-state index contributed by atoms with van der Waals surface area (Å²) in [6.07, 6.45) is -1.60. The van der Waals surface area contributed by atoms with E-state index in [0.29, 0.717) is 0 Å². The molecule has 1 aliphatic heterocycles. The van der Waals surface area contributed by atoms with E-state index in [-0.39, 0.29) is 24.7 Å². The second-order valence-electron chi connectivity index (χ2n) is 5.70. The molecule has 0 unspecified atom stereocenters. The SMILES string of the molecule is CC(C)(C)[C@@H]1O[C@H](CO)[C@@](C)(CO)[C@H]1O. The Morgan fingerprint density at radius 2 is 1.80 bits per heavy atom. The molecule has 0 bridgehead atoms. The minimum Gasteiger partial charge on any atom is -0.396 e. The van der Waals surface area contributed by atoms with Gasteiger partial charge in [0.25, 0.3) is 0 Å². The fourth-order valence-corrected chi connectivity index (χ4v) is 2.07. The monoisotopic (exact) mass is 218 g/mol. The summed E-state index contributed by atoms with van der Waals surface area (Å²) in [5.41, 5.74) is -0.980. The van der Waals surface area contributed by atoms with Gasteiger partial charge in [-0.25, -0.2) is 0 Å². The third-order valence-electron chi connectivity index (χ3n) is 3.37. The van der Waals surface area contributed by atoms with Crippen molar-refractivity contribution in [1.29, 1.82) is 0 Å². The zero-order valence-electron chi connectivity index (χ0n) is 9.90. The van der Waals surface area contributed by atoms with E-state index >= 15 is 0 Å². The van der Waals surface area contributed by atoms with Crippen LogP contribution in [-0.2, 0) is 4.74 Å². The van der Waals surface area contributed by atoms with E-state index in [1.807, 2.05) is 20.8 Å². The maximum atomic E-state index is 10.1. The van der Waals surface area contributed by atoms with Crippen molar-refractivity contribution < 1.29 is 20.1 Å². The third-order valence-corrected chi connectivity index (χ3v) is 3.37. The van der Waals surface area contributed by atoms with Crippen LogP contribution < -0.4 is 0 Å². The lowest BCUT2D eigenvalue weighted by Gasteiger charge is -2.32. The van der Waals surface area contributed by atoms with Crippen LogP contribution in [0.25, 0.3) is 0 Å². The van der Waals surface area contributed by atoms with Crippen LogP contribution in [0.3, 0.4) is 0 Å². The van der Waals surface area contributed by atoms with Gasteiger partial charge in [0.1, 0.15) is 0 Å². The zero-order valence-corrected chi connectivity index (χ0v) is 9.90. The first-order valence-electron chi connectivity index (χ1n) is 5.32. The minimum absolute atomic E-state index is 0.180. The maximum Gasteiger partial charge on any atom is 0.0912 e. The molecule has 4 heteroatoms. The molecule has 0 aromatic heterocycles. The second-order valence-corrected chi connectivity index (χ2v) is 5.70. The Balaban J connectivity index is 2.94. The largest absolute Gasteiger partial charge is 0.396 e. The van der Waals surface area contributed by atoms with Gasteiger partial charge in [-0.15, -0.1) is 0 Å². The fraction of sp³-hybridized carbons (Fsp3) is 1.00. The van der Waals surface area contributed by atoms with Crippen molar-refractivity contribution in [2.45, 2.75) is 46.0 Å². The molecule has 1 rings (SSSR count). The molecule has 4 atom stereocenters. The average Bonchev–Trinajstić information content (AvgIpc) is 2.40. The van der Waals surface area contributed by atoms with Crippen molar-refractivity contribution in [2.24, 2.45) is 10.8 Å². The number of ether oxygens (including phenoxy) is 1. The predicted octanol–water partition coefficient (Wildman–Crippen LogP) is 0.152. The molecule has 1 fully saturated rings. The van der Waals surface area contributed by atoms with Gasteiger partial charge in [-0.05, 0) is 5.41 Å². The van der Waals surface area contributed by atoms with Gasteiger partial charge in [-0.3, -0.25) is 0 Å². The number of rotatable bonds is 2. The van der Waals surface area contributed by atoms with Crippen LogP contribution in [0.4, 0.5) is 0 Å². The van der Waals surface area contributed by atoms with Crippen molar-refractivity contribution in [3.05, 3.63) is 0 Å². The quantitative estimate of drug-likeness (QED) is 0.617. The Morgan fingerprint density at radius 1 is 1.27 bits per heavy atom. The predicted molar refractivity (Wildman–Crippen MR) is 56.4 cm³/mol. The van der Waals surface area contributed by atoms with Gasteiger partial charge in [-0.1, -0.05) is 27.7 Å². The highest BCUT2D eigenvalue weighted by atomic mass is 16.5. The van der Waals surface area contributed by atoms with E-state index in [2.05, 4.69) is 0 Å². The van der Waals surface area contributed by atoms with Crippen LogP contribution in [0.5, 0.6) is 0 Å². The summed E-state index contributed by atoms with van der Waals surface area (Å²) in [6.45, 7) is 7.28. The Labute approximate surface area is 90.9 Å². The molecule has 0 aromatic rings. The fourth-order valence-electron chi connectivity index (χ4n) is 2.07. The molecule has 15 heavy (non-hydrogen) atoms. The van der Waals surface area contributed by atoms with Crippen molar-refractivity contribution in [3.63, 3.8) is 0 Å². The lowest BCUT2D eigenvalue weighted by Crippen LogP contribution is -2.45. The summed E-state index contributed by atoms with van der Waals surface area (Å²) in [5, 5.41) is 28.7. The molecule has 3 N–H and O–H groups in total. The average molecular weight is 218 g/mol. The molecule has 0 radical (unpaired) electrons. The van der Waals surface area contributed by atoms with Gasteiger partial charge in [0.05, 0.1) is 31.5 Å². The van der Waals surface area contributed by atoms with Crippen LogP contribution in [0.15, 0.2) is 0 Å². The molecule has 4 nitrogen and oxygen atoms in total. The Hall–Kier alpha value is -0.160. The van der Waals surface area contributed by atoms with Crippen molar-refractivity contribution in [3.8, 4) is 0 Å². The number of aliphatic hydroxyl groups is 3. The standard InChI is InChI=1S/C11H22O4/c1-10(2,3)9-8(14)11(4,6-13)7(5-12)15-9/h7-9,12-14H,5-6H2,1-4H3/t7-,8+,9-,11-/m1/s1. The van der Waals surface area contributed by atoms with E-state index in [1.54, 1.807) is 6.92 Å². The summed E-state index contributed by atoms with van der Waals surface area (Å²) in [6, 6.07) is 0. The van der Waals surface area contributed by atoms with Crippen molar-refractivity contribution in [1.82, 2.24) is 0 Å². The third kappa shape index (κ3) is 2.04. The summed E-state index contributed by atoms with van der Waals surface area (Å²) in [4.78, 5) is 0. The van der Waals surface area contributed by atoms with Gasteiger partial charge < -0.3 is 20.1 Å². The topological polar surface area (TPSA) is 69.9 Å². The van der Waals surface area contributed by atoms with E-state index in [4.69, 9.17) is 4.74 Å². The second kappa shape index (κ2) is 4.01. The number of aliphatic hydroxyl groups excluding tert-OH is 3. The van der Waals surface area contributed by atoms with Gasteiger partial charge in [0.2, 0.25) is 0 Å². The molecule has 0 spiro atoms. The van der Waals surface area contributed by atoms with Crippen LogP contribution in [0.1, 0.15) is 27.7 Å². The highest BCUT2D eigenvalue weighted by Gasteiger charge is 2.55. The van der Waals surface area contributed by atoms with E-state index < -0.39 is 17.6 Å². The molecule has 1 aliphatic rings. The molecule has 1 heterocycles. The first-order valence-corrected chi connectivity index (χ1v) is 5.32. The summed E-state index contributed by atoms with van der Waals surface area (Å²) in [7, 11) is 0. The first-order chi connectivity index (χ1) is 6.77. The highest BCUT2D eigenvalue weighted by molar-refractivity contribution is 5.02. The van der Waals surface area contributed by atoms with Crippen molar-refractivity contribution in [2.75, 3.05) is 13.2 Å². The highest BCUT2D eigenvalue weighted by Crippen LogP contribution is 2.44. The lowest BCUT2D eigenvalue weighted by molar-refractivity contribution is -0.0651. The van der Waals surface area contributed by atoms with Gasteiger partial charge in [0, 0.05) is 5.41 Å². The van der Waals surface area contributed by atoms with Gasteiger partial charge in [-0.2, -0.15) is 0 Å². The molecular formula is C11H22O4. The van der Waals surface area contributed by atoms with Crippen molar-refractivity contribution >= 4 is 0 Å². The normalized spacial score (nSPS) is 42.2. The maximum absolute atomic E-state index is 10.1. The number of hydrogen-bond donors (Lipinski definition) is 3. The van der Waals surface area contributed by atoms with E-state index in [1.165, 1.54) is 0 Å². The molecule has 1 saturated heterocycles. The first kappa shape index (κ1) is 12.9. The van der Waals surface area contributed by atoms with Crippen LogP contribution >= 0.6 is 0 Å². The molecule has 0 saturated carbocycles. The Morgan fingerprint density at radius 3 is 2.07 bits per heavy atom. The summed E-state index contributed by atoms with van der Waals surface area (Å²) < 4.78 is 5.63. The van der Waals surface area contributed by atoms with Crippen LogP contribution in [-0.4, -0.2) is 46.8 Å². The van der Waals surface area contributed by atoms with Crippen LogP contribution in [0.2, 0.25) is 0 Å². The molecule has 0 aliphatic carbocycles. The van der Waals surface area contributed by atoms with E-state index in [9.17, 15) is 15.3 Å². The minimum atomic E-state index is -0.771. The van der Waals surface area contributed by atoms with Crippen LogP contribution in [0, 0.1) is 10.8 Å². The molecule has 90 valence electrons.